The van der Waals surface area contributed by atoms with Crippen molar-refractivity contribution < 1.29 is 4.79 Å². The van der Waals surface area contributed by atoms with E-state index >= 15 is 0 Å². The molecule has 0 saturated carbocycles. The molecule has 2 rings (SSSR count). The van der Waals surface area contributed by atoms with Crippen molar-refractivity contribution in [2.45, 2.75) is 6.92 Å². The van der Waals surface area contributed by atoms with E-state index in [9.17, 15) is 4.79 Å². The minimum atomic E-state index is -0.284. The van der Waals surface area contributed by atoms with Crippen LogP contribution in [0.3, 0.4) is 0 Å². The van der Waals surface area contributed by atoms with Crippen molar-refractivity contribution in [1.82, 2.24) is 9.97 Å². The Morgan fingerprint density at radius 3 is 2.79 bits per heavy atom. The molecule has 19 heavy (non-hydrogen) atoms. The summed E-state index contributed by atoms with van der Waals surface area (Å²) in [7, 11) is 0. The van der Waals surface area contributed by atoms with E-state index in [0.717, 1.165) is 11.0 Å². The van der Waals surface area contributed by atoms with Crippen LogP contribution in [0.15, 0.2) is 41.1 Å². The first kappa shape index (κ1) is 13.5. The number of rotatable bonds is 4. The zero-order valence-corrected chi connectivity index (χ0v) is 11.9. The Hall–Kier alpha value is -1.95. The Labute approximate surface area is 119 Å². The minimum absolute atomic E-state index is 0.279. The van der Waals surface area contributed by atoms with E-state index in [1.165, 1.54) is 6.20 Å². The third-order valence-corrected chi connectivity index (χ3v) is 2.82. The molecule has 1 aromatic carbocycles. The van der Waals surface area contributed by atoms with Crippen molar-refractivity contribution in [2.24, 2.45) is 0 Å². The maximum atomic E-state index is 11.9. The van der Waals surface area contributed by atoms with Crippen LogP contribution in [0, 0.1) is 0 Å². The molecule has 0 fully saturated rings. The van der Waals surface area contributed by atoms with E-state index in [1.54, 1.807) is 6.20 Å². The van der Waals surface area contributed by atoms with Gasteiger partial charge in [-0.15, -0.1) is 0 Å². The quantitative estimate of drug-likeness (QED) is 0.909. The van der Waals surface area contributed by atoms with Gasteiger partial charge in [-0.05, 0) is 25.1 Å². The number of aromatic nitrogens is 2. The van der Waals surface area contributed by atoms with Gasteiger partial charge in [0.25, 0.3) is 5.91 Å². The second-order valence-corrected chi connectivity index (χ2v) is 4.70. The molecule has 1 amide bonds. The first-order valence-electron chi connectivity index (χ1n) is 5.82. The summed E-state index contributed by atoms with van der Waals surface area (Å²) >= 11 is 3.35. The molecule has 1 heterocycles. The molecule has 2 aromatic rings. The summed E-state index contributed by atoms with van der Waals surface area (Å²) < 4.78 is 0.902. The van der Waals surface area contributed by atoms with E-state index in [1.807, 2.05) is 31.2 Å². The number of hydrogen-bond acceptors (Lipinski definition) is 4. The lowest BCUT2D eigenvalue weighted by Crippen LogP contribution is -2.14. The lowest BCUT2D eigenvalue weighted by Gasteiger charge is -2.06. The highest BCUT2D eigenvalue weighted by atomic mass is 79.9. The monoisotopic (exact) mass is 320 g/mol. The van der Waals surface area contributed by atoms with Crippen LogP contribution in [0.25, 0.3) is 0 Å². The van der Waals surface area contributed by atoms with Crippen LogP contribution in [-0.4, -0.2) is 22.4 Å². The van der Waals surface area contributed by atoms with Crippen LogP contribution in [0.4, 0.5) is 11.5 Å². The maximum Gasteiger partial charge on any atom is 0.275 e. The first-order chi connectivity index (χ1) is 9.19. The molecule has 0 radical (unpaired) electrons. The van der Waals surface area contributed by atoms with E-state index in [-0.39, 0.29) is 11.6 Å². The maximum absolute atomic E-state index is 11.9. The van der Waals surface area contributed by atoms with E-state index < -0.39 is 0 Å². The lowest BCUT2D eigenvalue weighted by atomic mass is 10.3. The fourth-order valence-corrected chi connectivity index (χ4v) is 1.88. The average molecular weight is 321 g/mol. The van der Waals surface area contributed by atoms with E-state index in [2.05, 4.69) is 36.5 Å². The van der Waals surface area contributed by atoms with Gasteiger partial charge in [-0.25, -0.2) is 9.97 Å². The van der Waals surface area contributed by atoms with Gasteiger partial charge in [0, 0.05) is 16.7 Å². The third kappa shape index (κ3) is 3.75. The topological polar surface area (TPSA) is 66.9 Å². The zero-order chi connectivity index (χ0) is 13.7. The normalized spacial score (nSPS) is 10.0. The molecule has 5 nitrogen and oxygen atoms in total. The number of halogens is 1. The summed E-state index contributed by atoms with van der Waals surface area (Å²) in [6, 6.07) is 7.36. The Morgan fingerprint density at radius 1 is 1.32 bits per heavy atom. The van der Waals surface area contributed by atoms with E-state index in [4.69, 9.17) is 0 Å². The summed E-state index contributed by atoms with van der Waals surface area (Å²) in [4.78, 5) is 20.1. The predicted molar refractivity (Wildman–Crippen MR) is 78.3 cm³/mol. The smallest absolute Gasteiger partial charge is 0.275 e. The predicted octanol–water partition coefficient (Wildman–Crippen LogP) is 2.92. The molecule has 98 valence electrons. The SMILES string of the molecule is CCNc1cnc(C(=O)Nc2cccc(Br)c2)cn1. The number of anilines is 2. The molecule has 0 aliphatic carbocycles. The van der Waals surface area contributed by atoms with Gasteiger partial charge in [0.15, 0.2) is 0 Å². The second-order valence-electron chi connectivity index (χ2n) is 3.78. The molecule has 0 atom stereocenters. The number of benzene rings is 1. The number of nitrogens with one attached hydrogen (secondary N) is 2. The summed E-state index contributed by atoms with van der Waals surface area (Å²) in [6.07, 6.45) is 2.99. The zero-order valence-electron chi connectivity index (χ0n) is 10.4. The van der Waals surface area contributed by atoms with Crippen molar-refractivity contribution in [3.05, 3.63) is 46.8 Å². The van der Waals surface area contributed by atoms with Gasteiger partial charge in [0.1, 0.15) is 11.5 Å². The van der Waals surface area contributed by atoms with Crippen LogP contribution in [-0.2, 0) is 0 Å². The Kier molecular flexibility index (Phi) is 4.46. The Morgan fingerprint density at radius 2 is 2.16 bits per heavy atom. The highest BCUT2D eigenvalue weighted by Crippen LogP contribution is 2.16. The summed E-state index contributed by atoms with van der Waals surface area (Å²) in [5.41, 5.74) is 0.985. The van der Waals surface area contributed by atoms with Gasteiger partial charge in [-0.2, -0.15) is 0 Å². The Balaban J connectivity index is 2.07. The number of hydrogen-bond donors (Lipinski definition) is 2. The molecule has 0 unspecified atom stereocenters. The van der Waals surface area contributed by atoms with Crippen LogP contribution in [0.5, 0.6) is 0 Å². The molecular weight excluding hydrogens is 308 g/mol. The fourth-order valence-electron chi connectivity index (χ4n) is 1.48. The highest BCUT2D eigenvalue weighted by Gasteiger charge is 2.08. The molecular formula is C13H13BrN4O. The largest absolute Gasteiger partial charge is 0.369 e. The fraction of sp³-hybridized carbons (Fsp3) is 0.154. The molecule has 0 bridgehead atoms. The third-order valence-electron chi connectivity index (χ3n) is 2.32. The minimum Gasteiger partial charge on any atom is -0.369 e. The van der Waals surface area contributed by atoms with Crippen molar-refractivity contribution >= 4 is 33.3 Å². The molecule has 6 heteroatoms. The highest BCUT2D eigenvalue weighted by molar-refractivity contribution is 9.10. The molecule has 0 aliphatic heterocycles. The lowest BCUT2D eigenvalue weighted by molar-refractivity contribution is 0.102. The van der Waals surface area contributed by atoms with Crippen molar-refractivity contribution in [2.75, 3.05) is 17.2 Å². The van der Waals surface area contributed by atoms with Crippen LogP contribution >= 0.6 is 15.9 Å². The Bertz CT molecular complexity index is 571. The van der Waals surface area contributed by atoms with Gasteiger partial charge in [0.2, 0.25) is 0 Å². The van der Waals surface area contributed by atoms with Gasteiger partial charge >= 0.3 is 0 Å². The van der Waals surface area contributed by atoms with Gasteiger partial charge in [-0.3, -0.25) is 4.79 Å². The van der Waals surface area contributed by atoms with Gasteiger partial charge in [-0.1, -0.05) is 22.0 Å². The summed E-state index contributed by atoms with van der Waals surface area (Å²) in [5, 5.41) is 5.78. The molecule has 0 aliphatic rings. The summed E-state index contributed by atoms with van der Waals surface area (Å²) in [6.45, 7) is 2.73. The molecule has 0 spiro atoms. The van der Waals surface area contributed by atoms with E-state index in [0.29, 0.717) is 11.5 Å². The number of amides is 1. The van der Waals surface area contributed by atoms with Gasteiger partial charge in [0.05, 0.1) is 12.4 Å². The molecule has 0 saturated heterocycles. The second kappa shape index (κ2) is 6.29. The number of nitrogens with zero attached hydrogens (tertiary/aromatic N) is 2. The standard InChI is InChI=1S/C13H13BrN4O/c1-2-15-12-8-16-11(7-17-12)13(19)18-10-5-3-4-9(14)6-10/h3-8H,2H2,1H3,(H,15,17)(H,18,19). The number of carbonyl (C=O) groups excluding carboxylic acids is 1. The van der Waals surface area contributed by atoms with Crippen molar-refractivity contribution in [3.8, 4) is 0 Å². The number of carbonyl (C=O) groups is 1. The summed E-state index contributed by atoms with van der Waals surface area (Å²) in [5.74, 6) is 0.371. The molecule has 2 N–H and O–H groups in total. The van der Waals surface area contributed by atoms with Gasteiger partial charge < -0.3 is 10.6 Å². The van der Waals surface area contributed by atoms with Crippen LogP contribution in [0.1, 0.15) is 17.4 Å². The van der Waals surface area contributed by atoms with Crippen LogP contribution < -0.4 is 10.6 Å². The first-order valence-corrected chi connectivity index (χ1v) is 6.61. The van der Waals surface area contributed by atoms with Crippen LogP contribution in [0.2, 0.25) is 0 Å². The van der Waals surface area contributed by atoms with Crippen molar-refractivity contribution in [1.29, 1.82) is 0 Å². The van der Waals surface area contributed by atoms with Crippen molar-refractivity contribution in [3.63, 3.8) is 0 Å². The molecule has 1 aromatic heterocycles. The average Bonchev–Trinajstić information content (AvgIpc) is 2.40.